The van der Waals surface area contributed by atoms with E-state index in [2.05, 4.69) is 12.2 Å². The van der Waals surface area contributed by atoms with Gasteiger partial charge in [-0.3, -0.25) is 4.79 Å². The number of amides is 2. The summed E-state index contributed by atoms with van der Waals surface area (Å²) in [6, 6.07) is -0.287. The minimum absolute atomic E-state index is 0.0816. The molecule has 114 valence electrons. The lowest BCUT2D eigenvalue weighted by atomic mass is 9.84. The molecule has 20 heavy (non-hydrogen) atoms. The average Bonchev–Trinajstić information content (AvgIpc) is 2.47. The molecule has 0 spiro atoms. The summed E-state index contributed by atoms with van der Waals surface area (Å²) in [5.74, 6) is -0.233. The Labute approximate surface area is 124 Å². The molecule has 0 aromatic rings. The first-order chi connectivity index (χ1) is 9.61. The Bertz CT molecular complexity index is 364. The topological polar surface area (TPSA) is 69.6 Å². The fraction of sp³-hybridized carbons (Fsp3) is 0.857. The van der Waals surface area contributed by atoms with E-state index < -0.39 is 11.9 Å². The van der Waals surface area contributed by atoms with Gasteiger partial charge >= 0.3 is 12.0 Å². The van der Waals surface area contributed by atoms with Gasteiger partial charge in [0.2, 0.25) is 0 Å². The van der Waals surface area contributed by atoms with Crippen LogP contribution in [0.15, 0.2) is 0 Å². The van der Waals surface area contributed by atoms with Crippen LogP contribution in [0.5, 0.6) is 0 Å². The van der Waals surface area contributed by atoms with E-state index in [9.17, 15) is 14.7 Å². The minimum Gasteiger partial charge on any atom is -0.481 e. The summed E-state index contributed by atoms with van der Waals surface area (Å²) in [7, 11) is 0. The number of hydrogen-bond acceptors (Lipinski definition) is 3. The normalized spacial score (nSPS) is 30.9. The third-order valence-electron chi connectivity index (χ3n) is 4.27. The number of urea groups is 1. The van der Waals surface area contributed by atoms with Gasteiger partial charge in [0.25, 0.3) is 0 Å². The standard InChI is InChI=1S/C14H24N2O3S/c1-2-10-9-16(7-8-20-10)14(19)15-12-6-4-3-5-11(12)13(17)18/h10-12H,2-9H2,1H3,(H,15,19)(H,17,18). The highest BCUT2D eigenvalue weighted by Crippen LogP contribution is 2.26. The molecule has 1 aliphatic heterocycles. The lowest BCUT2D eigenvalue weighted by Crippen LogP contribution is -2.53. The zero-order chi connectivity index (χ0) is 14.5. The van der Waals surface area contributed by atoms with Gasteiger partial charge in [-0.2, -0.15) is 11.8 Å². The summed E-state index contributed by atoms with van der Waals surface area (Å²) >= 11 is 1.92. The Morgan fingerprint density at radius 1 is 1.35 bits per heavy atom. The lowest BCUT2D eigenvalue weighted by Gasteiger charge is -2.35. The molecule has 5 nitrogen and oxygen atoms in total. The fourth-order valence-electron chi connectivity index (χ4n) is 3.00. The van der Waals surface area contributed by atoms with Crippen molar-refractivity contribution in [3.8, 4) is 0 Å². The summed E-state index contributed by atoms with van der Waals surface area (Å²) in [6.45, 7) is 3.68. The van der Waals surface area contributed by atoms with Crippen molar-refractivity contribution in [2.75, 3.05) is 18.8 Å². The van der Waals surface area contributed by atoms with E-state index in [0.29, 0.717) is 11.7 Å². The quantitative estimate of drug-likeness (QED) is 0.838. The molecule has 1 saturated heterocycles. The van der Waals surface area contributed by atoms with Crippen molar-refractivity contribution in [2.24, 2.45) is 5.92 Å². The molecule has 2 fully saturated rings. The van der Waals surface area contributed by atoms with Crippen LogP contribution in [0.25, 0.3) is 0 Å². The first-order valence-corrected chi connectivity index (χ1v) is 8.56. The van der Waals surface area contributed by atoms with Crippen LogP contribution < -0.4 is 5.32 Å². The molecule has 3 unspecified atom stereocenters. The molecule has 0 aromatic heterocycles. The van der Waals surface area contributed by atoms with E-state index in [4.69, 9.17) is 0 Å². The Morgan fingerprint density at radius 2 is 2.10 bits per heavy atom. The maximum Gasteiger partial charge on any atom is 0.317 e. The highest BCUT2D eigenvalue weighted by Gasteiger charge is 2.33. The Kier molecular flexibility index (Phi) is 5.57. The monoisotopic (exact) mass is 300 g/mol. The molecule has 0 bridgehead atoms. The number of carbonyl (C=O) groups is 2. The van der Waals surface area contributed by atoms with Crippen LogP contribution in [-0.2, 0) is 4.79 Å². The van der Waals surface area contributed by atoms with Crippen LogP contribution in [0, 0.1) is 5.92 Å². The zero-order valence-corrected chi connectivity index (χ0v) is 12.8. The number of hydrogen-bond donors (Lipinski definition) is 2. The van der Waals surface area contributed by atoms with Gasteiger partial charge in [-0.1, -0.05) is 19.8 Å². The van der Waals surface area contributed by atoms with Crippen molar-refractivity contribution < 1.29 is 14.7 Å². The first-order valence-electron chi connectivity index (χ1n) is 7.51. The van der Waals surface area contributed by atoms with Crippen molar-refractivity contribution in [3.63, 3.8) is 0 Å². The van der Waals surface area contributed by atoms with E-state index >= 15 is 0 Å². The highest BCUT2D eigenvalue weighted by atomic mass is 32.2. The van der Waals surface area contributed by atoms with Gasteiger partial charge in [0.1, 0.15) is 0 Å². The van der Waals surface area contributed by atoms with Gasteiger partial charge in [0, 0.05) is 30.1 Å². The third kappa shape index (κ3) is 3.81. The van der Waals surface area contributed by atoms with Crippen molar-refractivity contribution >= 4 is 23.8 Å². The smallest absolute Gasteiger partial charge is 0.317 e. The molecule has 0 aromatic carbocycles. The number of carboxylic acids is 1. The Hall–Kier alpha value is -0.910. The van der Waals surface area contributed by atoms with Crippen LogP contribution in [0.4, 0.5) is 4.79 Å². The number of thioether (sulfide) groups is 1. The molecular weight excluding hydrogens is 276 g/mol. The van der Waals surface area contributed by atoms with Crippen molar-refractivity contribution in [1.82, 2.24) is 10.2 Å². The van der Waals surface area contributed by atoms with Gasteiger partial charge in [-0.05, 0) is 19.3 Å². The van der Waals surface area contributed by atoms with E-state index in [1.165, 1.54) is 0 Å². The number of aliphatic carboxylic acids is 1. The molecule has 1 heterocycles. The van der Waals surface area contributed by atoms with Crippen LogP contribution in [-0.4, -0.2) is 52.1 Å². The second-order valence-electron chi connectivity index (χ2n) is 5.63. The van der Waals surface area contributed by atoms with Gasteiger partial charge < -0.3 is 15.3 Å². The van der Waals surface area contributed by atoms with Crippen LogP contribution >= 0.6 is 11.8 Å². The molecule has 2 N–H and O–H groups in total. The maximum absolute atomic E-state index is 12.3. The molecule has 6 heteroatoms. The molecule has 2 amide bonds. The lowest BCUT2D eigenvalue weighted by molar-refractivity contribution is -0.143. The SMILES string of the molecule is CCC1CN(C(=O)NC2CCCCC2C(=O)O)CCS1. The molecule has 3 atom stereocenters. The van der Waals surface area contributed by atoms with Gasteiger partial charge in [-0.25, -0.2) is 4.79 Å². The number of rotatable bonds is 3. The van der Waals surface area contributed by atoms with Crippen LogP contribution in [0.1, 0.15) is 39.0 Å². The van der Waals surface area contributed by atoms with Crippen LogP contribution in [0.3, 0.4) is 0 Å². The second-order valence-corrected chi connectivity index (χ2v) is 7.04. The highest BCUT2D eigenvalue weighted by molar-refractivity contribution is 8.00. The van der Waals surface area contributed by atoms with Crippen LogP contribution in [0.2, 0.25) is 0 Å². The average molecular weight is 300 g/mol. The van der Waals surface area contributed by atoms with E-state index in [-0.39, 0.29) is 12.1 Å². The van der Waals surface area contributed by atoms with Crippen molar-refractivity contribution in [1.29, 1.82) is 0 Å². The Balaban J connectivity index is 1.90. The van der Waals surface area contributed by atoms with E-state index in [1.54, 1.807) is 0 Å². The van der Waals surface area contributed by atoms with Gasteiger partial charge in [0.05, 0.1) is 5.92 Å². The third-order valence-corrected chi connectivity index (χ3v) is 5.65. The van der Waals surface area contributed by atoms with Gasteiger partial charge in [0.15, 0.2) is 0 Å². The van der Waals surface area contributed by atoms with E-state index in [0.717, 1.165) is 44.5 Å². The molecule has 2 rings (SSSR count). The summed E-state index contributed by atoms with van der Waals surface area (Å²) < 4.78 is 0. The first kappa shape index (κ1) is 15.5. The molecule has 0 radical (unpaired) electrons. The maximum atomic E-state index is 12.3. The van der Waals surface area contributed by atoms with E-state index in [1.807, 2.05) is 16.7 Å². The summed E-state index contributed by atoms with van der Waals surface area (Å²) in [5.41, 5.74) is 0. The van der Waals surface area contributed by atoms with Crippen molar-refractivity contribution in [3.05, 3.63) is 0 Å². The Morgan fingerprint density at radius 3 is 2.80 bits per heavy atom. The predicted molar refractivity (Wildman–Crippen MR) is 80.0 cm³/mol. The summed E-state index contributed by atoms with van der Waals surface area (Å²) in [6.07, 6.45) is 4.47. The largest absolute Gasteiger partial charge is 0.481 e. The van der Waals surface area contributed by atoms with Crippen molar-refractivity contribution in [2.45, 2.75) is 50.3 Å². The number of carboxylic acid groups (broad SMARTS) is 1. The molecular formula is C14H24N2O3S. The number of carbonyl (C=O) groups excluding carboxylic acids is 1. The summed E-state index contributed by atoms with van der Waals surface area (Å²) in [4.78, 5) is 25.4. The zero-order valence-electron chi connectivity index (χ0n) is 12.0. The number of nitrogens with zero attached hydrogens (tertiary/aromatic N) is 1. The fourth-order valence-corrected chi connectivity index (χ4v) is 4.18. The van der Waals surface area contributed by atoms with Gasteiger partial charge in [-0.15, -0.1) is 0 Å². The summed E-state index contributed by atoms with van der Waals surface area (Å²) in [5, 5.41) is 12.7. The minimum atomic E-state index is -0.782. The molecule has 1 aliphatic carbocycles. The predicted octanol–water partition coefficient (Wildman–Crippen LogP) is 2.17. The molecule has 2 aliphatic rings. The molecule has 1 saturated carbocycles. The number of nitrogens with one attached hydrogen (secondary N) is 1. The second kappa shape index (κ2) is 7.20.